The lowest BCUT2D eigenvalue weighted by atomic mass is 10.1. The van der Waals surface area contributed by atoms with Crippen LogP contribution in [0, 0.1) is 11.8 Å². The maximum Gasteiger partial charge on any atom is 0.342 e. The van der Waals surface area contributed by atoms with Gasteiger partial charge in [0.05, 0.1) is 6.61 Å². The van der Waals surface area contributed by atoms with Crippen LogP contribution in [0.25, 0.3) is 0 Å². The Morgan fingerprint density at radius 3 is 2.50 bits per heavy atom. The normalized spacial score (nSPS) is 10.2. The van der Waals surface area contributed by atoms with Gasteiger partial charge in [-0.1, -0.05) is 30.0 Å². The Hall–Kier alpha value is -2.34. The van der Waals surface area contributed by atoms with E-state index >= 15 is 0 Å². The SMILES string of the molecule is CCOC(=O)C(=CC#Cc1ccccc1)C(C)=O. The second-order valence-electron chi connectivity index (χ2n) is 3.47. The number of hydrogen-bond acceptors (Lipinski definition) is 3. The molecule has 18 heavy (non-hydrogen) atoms. The number of carbonyl (C=O) groups excluding carboxylic acids is 2. The molecule has 0 aliphatic carbocycles. The van der Waals surface area contributed by atoms with E-state index in [1.807, 2.05) is 30.3 Å². The fourth-order valence-electron chi connectivity index (χ4n) is 1.23. The average molecular weight is 242 g/mol. The lowest BCUT2D eigenvalue weighted by Gasteiger charge is -2.00. The van der Waals surface area contributed by atoms with Crippen LogP contribution in [0.2, 0.25) is 0 Å². The zero-order valence-corrected chi connectivity index (χ0v) is 10.4. The van der Waals surface area contributed by atoms with Gasteiger partial charge in [0.25, 0.3) is 0 Å². The van der Waals surface area contributed by atoms with Gasteiger partial charge in [0.15, 0.2) is 5.78 Å². The van der Waals surface area contributed by atoms with Gasteiger partial charge in [0.1, 0.15) is 5.57 Å². The number of allylic oxidation sites excluding steroid dienone is 1. The lowest BCUT2D eigenvalue weighted by molar-refractivity contribution is -0.139. The van der Waals surface area contributed by atoms with Crippen molar-refractivity contribution in [1.29, 1.82) is 0 Å². The topological polar surface area (TPSA) is 43.4 Å². The molecule has 0 heterocycles. The minimum absolute atomic E-state index is 0.0275. The first-order valence-electron chi connectivity index (χ1n) is 5.60. The fraction of sp³-hybridized carbons (Fsp3) is 0.200. The molecule has 0 N–H and O–H groups in total. The van der Waals surface area contributed by atoms with Crippen LogP contribution in [-0.2, 0) is 14.3 Å². The van der Waals surface area contributed by atoms with Gasteiger partial charge in [-0.3, -0.25) is 4.79 Å². The molecule has 0 aliphatic rings. The molecular weight excluding hydrogens is 228 g/mol. The van der Waals surface area contributed by atoms with E-state index in [2.05, 4.69) is 11.8 Å². The second-order valence-corrected chi connectivity index (χ2v) is 3.47. The van der Waals surface area contributed by atoms with Crippen LogP contribution < -0.4 is 0 Å². The molecule has 92 valence electrons. The summed E-state index contributed by atoms with van der Waals surface area (Å²) < 4.78 is 4.77. The number of ether oxygens (including phenoxy) is 1. The minimum atomic E-state index is -0.632. The quantitative estimate of drug-likeness (QED) is 0.268. The van der Waals surface area contributed by atoms with E-state index in [1.54, 1.807) is 6.92 Å². The average Bonchev–Trinajstić information content (AvgIpc) is 2.35. The molecular formula is C15H14O3. The summed E-state index contributed by atoms with van der Waals surface area (Å²) in [5.41, 5.74) is 0.792. The summed E-state index contributed by atoms with van der Waals surface area (Å²) in [6.45, 7) is 3.23. The number of hydrogen-bond donors (Lipinski definition) is 0. The van der Waals surface area contributed by atoms with E-state index in [4.69, 9.17) is 4.74 Å². The van der Waals surface area contributed by atoms with Crippen molar-refractivity contribution in [2.24, 2.45) is 0 Å². The summed E-state index contributed by atoms with van der Waals surface area (Å²) in [5.74, 6) is 4.55. The molecule has 0 aromatic heterocycles. The summed E-state index contributed by atoms with van der Waals surface area (Å²) >= 11 is 0. The molecule has 0 atom stereocenters. The van der Waals surface area contributed by atoms with Gasteiger partial charge in [-0.25, -0.2) is 4.79 Å². The zero-order valence-electron chi connectivity index (χ0n) is 10.4. The monoisotopic (exact) mass is 242 g/mol. The van der Waals surface area contributed by atoms with Crippen LogP contribution in [-0.4, -0.2) is 18.4 Å². The number of carbonyl (C=O) groups is 2. The first-order chi connectivity index (χ1) is 8.65. The Labute approximate surface area is 106 Å². The van der Waals surface area contributed by atoms with Crippen LogP contribution in [0.15, 0.2) is 42.0 Å². The minimum Gasteiger partial charge on any atom is -0.462 e. The second kappa shape index (κ2) is 7.08. The van der Waals surface area contributed by atoms with Crippen molar-refractivity contribution >= 4 is 11.8 Å². The molecule has 0 amide bonds. The summed E-state index contributed by atoms with van der Waals surface area (Å²) in [6.07, 6.45) is 1.30. The van der Waals surface area contributed by atoms with Crippen LogP contribution in [0.4, 0.5) is 0 Å². The van der Waals surface area contributed by atoms with Gasteiger partial charge in [0, 0.05) is 11.6 Å². The first-order valence-corrected chi connectivity index (χ1v) is 5.60. The van der Waals surface area contributed by atoms with Crippen LogP contribution >= 0.6 is 0 Å². The maximum absolute atomic E-state index is 11.4. The molecule has 0 radical (unpaired) electrons. The molecule has 1 aromatic rings. The van der Waals surface area contributed by atoms with Crippen molar-refractivity contribution in [3.05, 3.63) is 47.5 Å². The van der Waals surface area contributed by atoms with Crippen molar-refractivity contribution in [2.75, 3.05) is 6.61 Å². The predicted molar refractivity (Wildman–Crippen MR) is 68.7 cm³/mol. The predicted octanol–water partition coefficient (Wildman–Crippen LogP) is 2.12. The molecule has 0 bridgehead atoms. The van der Waals surface area contributed by atoms with E-state index in [9.17, 15) is 9.59 Å². The largest absolute Gasteiger partial charge is 0.462 e. The van der Waals surface area contributed by atoms with Crippen molar-refractivity contribution in [1.82, 2.24) is 0 Å². The van der Waals surface area contributed by atoms with Gasteiger partial charge in [-0.05, 0) is 26.0 Å². The smallest absolute Gasteiger partial charge is 0.342 e. The van der Waals surface area contributed by atoms with E-state index in [1.165, 1.54) is 13.0 Å². The highest BCUT2D eigenvalue weighted by molar-refractivity contribution is 6.16. The highest BCUT2D eigenvalue weighted by Gasteiger charge is 2.14. The van der Waals surface area contributed by atoms with E-state index in [0.717, 1.165) is 5.56 Å². The van der Waals surface area contributed by atoms with Crippen molar-refractivity contribution in [2.45, 2.75) is 13.8 Å². The van der Waals surface area contributed by atoms with Gasteiger partial charge >= 0.3 is 5.97 Å². The Morgan fingerprint density at radius 2 is 1.94 bits per heavy atom. The molecule has 3 nitrogen and oxygen atoms in total. The molecule has 0 saturated heterocycles. The van der Waals surface area contributed by atoms with Crippen LogP contribution in [0.3, 0.4) is 0 Å². The van der Waals surface area contributed by atoms with Gasteiger partial charge < -0.3 is 4.74 Å². The van der Waals surface area contributed by atoms with Crippen molar-refractivity contribution in [3.8, 4) is 11.8 Å². The Bertz CT molecular complexity index is 516. The van der Waals surface area contributed by atoms with Crippen molar-refractivity contribution < 1.29 is 14.3 Å². The lowest BCUT2D eigenvalue weighted by Crippen LogP contribution is -2.13. The van der Waals surface area contributed by atoms with Gasteiger partial charge in [-0.15, -0.1) is 0 Å². The number of ketones is 1. The first kappa shape index (κ1) is 13.7. The summed E-state index contributed by atoms with van der Waals surface area (Å²) in [4.78, 5) is 22.7. The summed E-state index contributed by atoms with van der Waals surface area (Å²) in [6, 6.07) is 9.31. The standard InChI is InChI=1S/C15H14O3/c1-3-18-15(17)14(12(2)16)11-7-10-13-8-5-4-6-9-13/h4-6,8-9,11H,3H2,1-2H3. The third-order valence-corrected chi connectivity index (χ3v) is 2.08. The van der Waals surface area contributed by atoms with Crippen LogP contribution in [0.1, 0.15) is 19.4 Å². The Balaban J connectivity index is 2.89. The molecule has 0 fully saturated rings. The van der Waals surface area contributed by atoms with Crippen LogP contribution in [0.5, 0.6) is 0 Å². The summed E-state index contributed by atoms with van der Waals surface area (Å²) in [7, 11) is 0. The van der Waals surface area contributed by atoms with Gasteiger partial charge in [-0.2, -0.15) is 0 Å². The third kappa shape index (κ3) is 4.26. The van der Waals surface area contributed by atoms with E-state index in [-0.39, 0.29) is 18.0 Å². The molecule has 0 saturated carbocycles. The molecule has 3 heteroatoms. The Kier molecular flexibility index (Phi) is 5.40. The highest BCUT2D eigenvalue weighted by atomic mass is 16.5. The zero-order chi connectivity index (χ0) is 13.4. The van der Waals surface area contributed by atoms with Gasteiger partial charge in [0.2, 0.25) is 0 Å². The van der Waals surface area contributed by atoms with Crippen molar-refractivity contribution in [3.63, 3.8) is 0 Å². The summed E-state index contributed by atoms with van der Waals surface area (Å²) in [5, 5.41) is 0. The number of rotatable bonds is 3. The number of Topliss-reactive ketones (excluding diaryl/α,β-unsaturated/α-hetero) is 1. The highest BCUT2D eigenvalue weighted by Crippen LogP contribution is 2.00. The molecule has 1 rings (SSSR count). The molecule has 0 aliphatic heterocycles. The maximum atomic E-state index is 11.4. The third-order valence-electron chi connectivity index (χ3n) is 2.08. The van der Waals surface area contributed by atoms with E-state index in [0.29, 0.717) is 0 Å². The molecule has 0 spiro atoms. The van der Waals surface area contributed by atoms with E-state index < -0.39 is 5.97 Å². The Morgan fingerprint density at radius 1 is 1.28 bits per heavy atom. The number of esters is 1. The molecule has 1 aromatic carbocycles. The number of benzene rings is 1. The fourth-order valence-corrected chi connectivity index (χ4v) is 1.23. The molecule has 0 unspecified atom stereocenters.